The molecule has 1 aromatic carbocycles. The second-order valence-electron chi connectivity index (χ2n) is 9.72. The van der Waals surface area contributed by atoms with Crippen LogP contribution < -0.4 is 21.9 Å². The number of hydrogen-bond donors (Lipinski definition) is 1. The second-order valence-corrected chi connectivity index (χ2v) is 9.72. The molecule has 5 rings (SSSR count). The lowest BCUT2D eigenvalue weighted by molar-refractivity contribution is 0.0603. The molecule has 1 aliphatic heterocycles. The fourth-order valence-electron chi connectivity index (χ4n) is 5.41. The number of piperidine rings is 1. The van der Waals surface area contributed by atoms with Gasteiger partial charge in [0.25, 0.3) is 5.56 Å². The molecule has 0 saturated carbocycles. The number of benzene rings is 1. The van der Waals surface area contributed by atoms with Crippen LogP contribution in [0.3, 0.4) is 0 Å². The summed E-state index contributed by atoms with van der Waals surface area (Å²) in [6, 6.07) is 7.48. The third kappa shape index (κ3) is 4.46. The van der Waals surface area contributed by atoms with Crippen molar-refractivity contribution >= 4 is 33.7 Å². The first kappa shape index (κ1) is 26.2. The number of ether oxygens (including phenoxy) is 1. The zero-order chi connectivity index (χ0) is 27.8. The Morgan fingerprint density at radius 2 is 1.95 bits per heavy atom. The van der Waals surface area contributed by atoms with E-state index in [9.17, 15) is 14.4 Å². The van der Waals surface area contributed by atoms with E-state index in [1.165, 1.54) is 11.7 Å². The monoisotopic (exact) mass is 529 g/mol. The normalized spacial score (nSPS) is 15.4. The van der Waals surface area contributed by atoms with Crippen LogP contribution in [0.4, 0.5) is 5.82 Å². The van der Waals surface area contributed by atoms with Crippen molar-refractivity contribution < 1.29 is 9.53 Å². The number of methoxy groups -OCH3 is 1. The second kappa shape index (κ2) is 10.4. The van der Waals surface area contributed by atoms with Crippen LogP contribution >= 0.6 is 0 Å². The molecule has 4 aromatic rings. The summed E-state index contributed by atoms with van der Waals surface area (Å²) in [5.74, 6) is 6.07. The van der Waals surface area contributed by atoms with E-state index in [0.717, 1.165) is 34.0 Å². The number of esters is 1. The first-order chi connectivity index (χ1) is 18.8. The van der Waals surface area contributed by atoms with Crippen molar-refractivity contribution in [1.29, 1.82) is 0 Å². The molecule has 1 saturated heterocycles. The first-order valence-electron chi connectivity index (χ1n) is 12.8. The van der Waals surface area contributed by atoms with Crippen molar-refractivity contribution in [2.75, 3.05) is 25.1 Å². The van der Waals surface area contributed by atoms with E-state index in [1.807, 2.05) is 36.1 Å². The largest absolute Gasteiger partial charge is 0.465 e. The molecule has 1 fully saturated rings. The van der Waals surface area contributed by atoms with E-state index < -0.39 is 17.2 Å². The van der Waals surface area contributed by atoms with Gasteiger partial charge in [0.05, 0.1) is 31.2 Å². The lowest BCUT2D eigenvalue weighted by Gasteiger charge is -2.33. The number of rotatable bonds is 5. The number of aryl methyl sites for hydroxylation is 2. The minimum atomic E-state index is -0.641. The lowest BCUT2D eigenvalue weighted by atomic mass is 10.1. The van der Waals surface area contributed by atoms with Crippen LogP contribution in [0.5, 0.6) is 0 Å². The Morgan fingerprint density at radius 1 is 1.18 bits per heavy atom. The standard InChI is InChI=1S/C28H31N7O4/c1-5-6-14-34-24-23(22(27(37)39-4)25(34)33-13-9-10-18(29)15-33)32(3)28(38)35(26(24)36)16-21-30-17(2)19-11-7-8-12-20(19)31-21/h7-8,11-12,18H,9-10,13-16,29H2,1-4H3/t18-/m1/s1. The van der Waals surface area contributed by atoms with Gasteiger partial charge in [0.15, 0.2) is 0 Å². The molecule has 0 spiro atoms. The van der Waals surface area contributed by atoms with Gasteiger partial charge >= 0.3 is 11.7 Å². The maximum absolute atomic E-state index is 14.1. The van der Waals surface area contributed by atoms with E-state index in [4.69, 9.17) is 10.5 Å². The fourth-order valence-corrected chi connectivity index (χ4v) is 5.41. The number of fused-ring (bicyclic) bond motifs is 2. The highest BCUT2D eigenvalue weighted by atomic mass is 16.5. The molecule has 4 heterocycles. The fraction of sp³-hybridized carbons (Fsp3) is 0.393. The number of carbonyl (C=O) groups is 1. The van der Waals surface area contributed by atoms with Gasteiger partial charge in [-0.25, -0.2) is 19.6 Å². The molecule has 0 bridgehead atoms. The van der Waals surface area contributed by atoms with E-state index in [-0.39, 0.29) is 35.7 Å². The summed E-state index contributed by atoms with van der Waals surface area (Å²) in [5.41, 5.74) is 7.16. The summed E-state index contributed by atoms with van der Waals surface area (Å²) in [5, 5.41) is 0.899. The number of carbonyl (C=O) groups excluding carboxylic acids is 1. The van der Waals surface area contributed by atoms with E-state index in [2.05, 4.69) is 21.8 Å². The van der Waals surface area contributed by atoms with Crippen molar-refractivity contribution in [1.82, 2.24) is 23.7 Å². The molecule has 1 atom stereocenters. The number of aromatic nitrogens is 5. The Labute approximate surface area is 224 Å². The number of nitrogens with zero attached hydrogens (tertiary/aromatic N) is 6. The van der Waals surface area contributed by atoms with Crippen LogP contribution in [-0.4, -0.2) is 55.9 Å². The summed E-state index contributed by atoms with van der Waals surface area (Å²) < 4.78 is 9.28. The van der Waals surface area contributed by atoms with Crippen LogP contribution in [0.2, 0.25) is 0 Å². The van der Waals surface area contributed by atoms with Gasteiger partial charge in [-0.1, -0.05) is 24.1 Å². The predicted molar refractivity (Wildman–Crippen MR) is 149 cm³/mol. The molecular weight excluding hydrogens is 498 g/mol. The minimum absolute atomic E-state index is 0.0956. The first-order valence-corrected chi connectivity index (χ1v) is 12.8. The van der Waals surface area contributed by atoms with Gasteiger partial charge in [-0.2, -0.15) is 0 Å². The molecule has 1 aliphatic rings. The van der Waals surface area contributed by atoms with Crippen LogP contribution in [-0.2, 0) is 24.9 Å². The Kier molecular flexibility index (Phi) is 6.97. The van der Waals surface area contributed by atoms with Gasteiger partial charge in [-0.15, -0.1) is 5.92 Å². The zero-order valence-corrected chi connectivity index (χ0v) is 22.5. The number of hydrogen-bond acceptors (Lipinski definition) is 8. The van der Waals surface area contributed by atoms with E-state index >= 15 is 0 Å². The zero-order valence-electron chi connectivity index (χ0n) is 22.5. The molecule has 0 unspecified atom stereocenters. The van der Waals surface area contributed by atoms with Crippen LogP contribution in [0.25, 0.3) is 21.9 Å². The Morgan fingerprint density at radius 3 is 2.67 bits per heavy atom. The number of para-hydroxylation sites is 1. The number of nitrogens with two attached hydrogens (primary N) is 1. The summed E-state index contributed by atoms with van der Waals surface area (Å²) >= 11 is 0. The van der Waals surface area contributed by atoms with Crippen molar-refractivity contribution in [2.45, 2.75) is 45.8 Å². The van der Waals surface area contributed by atoms with Gasteiger partial charge in [-0.3, -0.25) is 13.9 Å². The number of anilines is 1. The maximum atomic E-state index is 14.1. The highest BCUT2D eigenvalue weighted by molar-refractivity contribution is 6.08. The average Bonchev–Trinajstić information content (AvgIpc) is 3.28. The minimum Gasteiger partial charge on any atom is -0.465 e. The Balaban J connectivity index is 1.80. The maximum Gasteiger partial charge on any atom is 0.343 e. The summed E-state index contributed by atoms with van der Waals surface area (Å²) in [7, 11) is 2.82. The van der Waals surface area contributed by atoms with Gasteiger partial charge in [-0.05, 0) is 32.8 Å². The smallest absolute Gasteiger partial charge is 0.343 e. The molecular formula is C28H31N7O4. The highest BCUT2D eigenvalue weighted by Gasteiger charge is 2.33. The molecule has 11 nitrogen and oxygen atoms in total. The van der Waals surface area contributed by atoms with Crippen molar-refractivity contribution in [2.24, 2.45) is 12.8 Å². The summed E-state index contributed by atoms with van der Waals surface area (Å²) in [4.78, 5) is 52.1. The van der Waals surface area contributed by atoms with Crippen molar-refractivity contribution in [3.05, 3.63) is 62.2 Å². The molecule has 3 aromatic heterocycles. The van der Waals surface area contributed by atoms with Gasteiger partial charge in [0, 0.05) is 37.3 Å². The summed E-state index contributed by atoms with van der Waals surface area (Å²) in [6.07, 6.45) is 1.68. The predicted octanol–water partition coefficient (Wildman–Crippen LogP) is 1.54. The van der Waals surface area contributed by atoms with E-state index in [1.54, 1.807) is 18.5 Å². The molecule has 39 heavy (non-hydrogen) atoms. The van der Waals surface area contributed by atoms with Gasteiger partial charge < -0.3 is 19.9 Å². The molecule has 0 radical (unpaired) electrons. The van der Waals surface area contributed by atoms with Crippen molar-refractivity contribution in [3.8, 4) is 11.8 Å². The highest BCUT2D eigenvalue weighted by Crippen LogP contribution is 2.33. The van der Waals surface area contributed by atoms with Gasteiger partial charge in [0.2, 0.25) is 0 Å². The van der Waals surface area contributed by atoms with E-state index in [0.29, 0.717) is 24.7 Å². The molecule has 0 amide bonds. The molecule has 202 valence electrons. The van der Waals surface area contributed by atoms with Crippen LogP contribution in [0, 0.1) is 18.8 Å². The molecule has 11 heteroatoms. The van der Waals surface area contributed by atoms with Gasteiger partial charge in [0.1, 0.15) is 22.7 Å². The third-order valence-electron chi connectivity index (χ3n) is 7.21. The van der Waals surface area contributed by atoms with Crippen molar-refractivity contribution in [3.63, 3.8) is 0 Å². The van der Waals surface area contributed by atoms with Crippen LogP contribution in [0.1, 0.15) is 41.6 Å². The Hall–Kier alpha value is -4.43. The SMILES string of the molecule is CC#CCn1c(N2CCC[C@@H](N)C2)c(C(=O)OC)c2c1c(=O)n(Cc1nc(C)c3ccccc3n1)c(=O)n2C. The topological polar surface area (TPSA) is 130 Å². The summed E-state index contributed by atoms with van der Waals surface area (Å²) in [6.45, 7) is 4.71. The van der Waals surface area contributed by atoms with Crippen LogP contribution in [0.15, 0.2) is 33.9 Å². The Bertz CT molecular complexity index is 1790. The quantitative estimate of drug-likeness (QED) is 0.304. The lowest BCUT2D eigenvalue weighted by Crippen LogP contribution is -2.44. The molecule has 0 aliphatic carbocycles. The average molecular weight is 530 g/mol. The third-order valence-corrected chi connectivity index (χ3v) is 7.21. The molecule has 2 N–H and O–H groups in total.